The van der Waals surface area contributed by atoms with Crippen molar-refractivity contribution in [3.63, 3.8) is 0 Å². The maximum atomic E-state index is 10.7. The molecule has 0 aromatic rings. The minimum atomic E-state index is -0.0859. The molecule has 4 aliphatic rings. The molecule has 0 saturated heterocycles. The molecule has 0 aromatic heterocycles. The first kappa shape index (κ1) is 22.9. The second-order valence-corrected chi connectivity index (χ2v) is 13.4. The van der Waals surface area contributed by atoms with Crippen LogP contribution in [0, 0.1) is 51.8 Å². The molecular weight excluding hydrogens is 364 g/mol. The highest BCUT2D eigenvalue weighted by Gasteiger charge is 2.64. The molecule has 1 heteroatoms. The first-order valence-electron chi connectivity index (χ1n) is 13.3. The number of fused-ring (bicyclic) bond motifs is 5. The third kappa shape index (κ3) is 3.36. The zero-order valence-corrected chi connectivity index (χ0v) is 21.1. The second-order valence-electron chi connectivity index (χ2n) is 13.4. The van der Waals surface area contributed by atoms with Crippen LogP contribution in [0.5, 0.6) is 0 Å². The monoisotopic (exact) mass is 414 g/mol. The summed E-state index contributed by atoms with van der Waals surface area (Å²) in [6, 6.07) is 0. The Morgan fingerprint density at radius 3 is 2.20 bits per heavy atom. The third-order valence-electron chi connectivity index (χ3n) is 11.7. The van der Waals surface area contributed by atoms with Gasteiger partial charge in [0.15, 0.2) is 0 Å². The number of aliphatic hydroxyl groups is 1. The highest BCUT2D eigenvalue weighted by atomic mass is 16.3. The van der Waals surface area contributed by atoms with E-state index in [1.165, 1.54) is 63.4 Å². The Bertz CT molecular complexity index is 657. The van der Waals surface area contributed by atoms with Crippen molar-refractivity contribution in [3.05, 3.63) is 11.6 Å². The van der Waals surface area contributed by atoms with E-state index < -0.39 is 0 Å². The molecule has 0 bridgehead atoms. The van der Waals surface area contributed by atoms with Crippen LogP contribution in [0.4, 0.5) is 0 Å². The zero-order valence-electron chi connectivity index (χ0n) is 21.1. The Morgan fingerprint density at radius 1 is 0.867 bits per heavy atom. The molecule has 4 aliphatic carbocycles. The van der Waals surface area contributed by atoms with Crippen molar-refractivity contribution in [3.8, 4) is 0 Å². The number of hydrogen-bond acceptors (Lipinski definition) is 1. The number of allylic oxidation sites excluding steroid dienone is 2. The van der Waals surface area contributed by atoms with Gasteiger partial charge >= 0.3 is 0 Å². The van der Waals surface area contributed by atoms with Gasteiger partial charge in [0.25, 0.3) is 0 Å². The molecule has 30 heavy (non-hydrogen) atoms. The van der Waals surface area contributed by atoms with Gasteiger partial charge in [0, 0.05) is 0 Å². The smallest absolute Gasteiger partial charge is 0.0594 e. The van der Waals surface area contributed by atoms with E-state index in [4.69, 9.17) is 0 Å². The average molecular weight is 415 g/mol. The molecule has 4 fully saturated rings. The molecule has 1 N–H and O–H groups in total. The highest BCUT2D eigenvalue weighted by molar-refractivity contribution is 5.14. The van der Waals surface area contributed by atoms with Crippen LogP contribution in [0.3, 0.4) is 0 Å². The minimum absolute atomic E-state index is 0.0859. The molecule has 9 atom stereocenters. The van der Waals surface area contributed by atoms with E-state index in [9.17, 15) is 5.11 Å². The fourth-order valence-corrected chi connectivity index (χ4v) is 9.68. The number of rotatable bonds is 4. The van der Waals surface area contributed by atoms with Gasteiger partial charge in [-0.25, -0.2) is 0 Å². The summed E-state index contributed by atoms with van der Waals surface area (Å²) >= 11 is 0. The van der Waals surface area contributed by atoms with Gasteiger partial charge in [0.05, 0.1) is 6.10 Å². The molecule has 0 heterocycles. The molecule has 1 nitrogen and oxygen atoms in total. The predicted octanol–water partition coefficient (Wildman–Crippen LogP) is 8.02. The van der Waals surface area contributed by atoms with Gasteiger partial charge in [0.2, 0.25) is 0 Å². The molecule has 0 spiro atoms. The van der Waals surface area contributed by atoms with Crippen molar-refractivity contribution >= 4 is 0 Å². The highest BCUT2D eigenvalue weighted by Crippen LogP contribution is 2.72. The van der Waals surface area contributed by atoms with E-state index in [1.54, 1.807) is 0 Å². The standard InChI is InChI=1S/C29H50O/c1-19(2)9-8-10-20(3)23-16-18-29(7)25-13-12-24-21(11-14-26(30)27(24,4)5)22(25)15-17-28(23,29)6/h9,20-26,30H,8,10-18H2,1-7H3. The Morgan fingerprint density at radius 2 is 1.50 bits per heavy atom. The molecule has 4 rings (SSSR count). The van der Waals surface area contributed by atoms with Crippen molar-refractivity contribution in [1.29, 1.82) is 0 Å². The van der Waals surface area contributed by atoms with Crippen molar-refractivity contribution in [1.82, 2.24) is 0 Å². The van der Waals surface area contributed by atoms with E-state index in [0.29, 0.717) is 10.8 Å². The fraction of sp³-hybridized carbons (Fsp3) is 0.931. The molecule has 0 aromatic carbocycles. The lowest BCUT2D eigenvalue weighted by molar-refractivity contribution is -0.161. The van der Waals surface area contributed by atoms with Crippen LogP contribution in [0.15, 0.2) is 11.6 Å². The maximum Gasteiger partial charge on any atom is 0.0594 e. The summed E-state index contributed by atoms with van der Waals surface area (Å²) in [6.07, 6.45) is 15.9. The first-order valence-corrected chi connectivity index (χ1v) is 13.3. The predicted molar refractivity (Wildman–Crippen MR) is 128 cm³/mol. The third-order valence-corrected chi connectivity index (χ3v) is 11.7. The van der Waals surface area contributed by atoms with Crippen LogP contribution in [0.2, 0.25) is 0 Å². The van der Waals surface area contributed by atoms with Crippen LogP contribution < -0.4 is 0 Å². The Labute approximate surface area is 187 Å². The number of hydrogen-bond donors (Lipinski definition) is 1. The Kier molecular flexibility index (Phi) is 6.05. The zero-order chi connectivity index (χ0) is 21.9. The van der Waals surface area contributed by atoms with E-state index in [-0.39, 0.29) is 11.5 Å². The summed E-state index contributed by atoms with van der Waals surface area (Å²) in [5.74, 6) is 5.24. The van der Waals surface area contributed by atoms with Crippen molar-refractivity contribution in [2.75, 3.05) is 0 Å². The lowest BCUT2D eigenvalue weighted by atomic mass is 9.42. The lowest BCUT2D eigenvalue weighted by Gasteiger charge is -2.63. The van der Waals surface area contributed by atoms with Gasteiger partial charge in [-0.2, -0.15) is 0 Å². The van der Waals surface area contributed by atoms with E-state index >= 15 is 0 Å². The minimum Gasteiger partial charge on any atom is -0.393 e. The summed E-state index contributed by atoms with van der Waals surface area (Å²) in [6.45, 7) is 17.2. The number of aliphatic hydroxyl groups excluding tert-OH is 1. The normalized spacial score (nSPS) is 48.3. The van der Waals surface area contributed by atoms with Crippen molar-refractivity contribution < 1.29 is 5.11 Å². The van der Waals surface area contributed by atoms with E-state index in [0.717, 1.165) is 41.9 Å². The van der Waals surface area contributed by atoms with Crippen LogP contribution in [0.25, 0.3) is 0 Å². The SMILES string of the molecule is CC(C)=CCCC(C)C1CCC2(C)C3CCC4C(CCC(O)C4(C)C)C3CCC12C. The van der Waals surface area contributed by atoms with Gasteiger partial charge in [0.1, 0.15) is 0 Å². The summed E-state index contributed by atoms with van der Waals surface area (Å²) in [5.41, 5.74) is 2.67. The van der Waals surface area contributed by atoms with Gasteiger partial charge in [-0.15, -0.1) is 0 Å². The molecule has 4 saturated carbocycles. The molecule has 172 valence electrons. The Hall–Kier alpha value is -0.300. The van der Waals surface area contributed by atoms with Crippen LogP contribution in [-0.2, 0) is 0 Å². The molecule has 9 unspecified atom stereocenters. The molecular formula is C29H50O. The second kappa shape index (κ2) is 7.93. The fourth-order valence-electron chi connectivity index (χ4n) is 9.68. The van der Waals surface area contributed by atoms with Crippen molar-refractivity contribution in [2.45, 2.75) is 119 Å². The van der Waals surface area contributed by atoms with Crippen molar-refractivity contribution in [2.24, 2.45) is 51.8 Å². The molecule has 0 amide bonds. The van der Waals surface area contributed by atoms with Crippen LogP contribution in [0.1, 0.15) is 113 Å². The first-order chi connectivity index (χ1) is 14.0. The lowest BCUT2D eigenvalue weighted by Crippen LogP contribution is -2.57. The van der Waals surface area contributed by atoms with Gasteiger partial charge in [-0.05, 0) is 130 Å². The summed E-state index contributed by atoms with van der Waals surface area (Å²) in [4.78, 5) is 0. The summed E-state index contributed by atoms with van der Waals surface area (Å²) in [7, 11) is 0. The van der Waals surface area contributed by atoms with E-state index in [1.807, 2.05) is 0 Å². The topological polar surface area (TPSA) is 20.2 Å². The average Bonchev–Trinajstić information content (AvgIpc) is 2.96. The van der Waals surface area contributed by atoms with Gasteiger partial charge in [-0.1, -0.05) is 46.3 Å². The van der Waals surface area contributed by atoms with Gasteiger partial charge < -0.3 is 5.11 Å². The van der Waals surface area contributed by atoms with Gasteiger partial charge in [-0.3, -0.25) is 0 Å². The quantitative estimate of drug-likeness (QED) is 0.462. The van der Waals surface area contributed by atoms with E-state index in [2.05, 4.69) is 54.5 Å². The maximum absolute atomic E-state index is 10.7. The molecule has 0 aliphatic heterocycles. The van der Waals surface area contributed by atoms with Crippen LogP contribution in [-0.4, -0.2) is 11.2 Å². The Balaban J connectivity index is 1.53. The summed E-state index contributed by atoms with van der Waals surface area (Å²) < 4.78 is 0. The van der Waals surface area contributed by atoms with Crippen LogP contribution >= 0.6 is 0 Å². The molecule has 0 radical (unpaired) electrons. The summed E-state index contributed by atoms with van der Waals surface area (Å²) in [5, 5.41) is 10.7. The largest absolute Gasteiger partial charge is 0.393 e.